The minimum absolute atomic E-state index is 0.0262. The van der Waals surface area contributed by atoms with Crippen molar-refractivity contribution >= 4 is 11.9 Å². The van der Waals surface area contributed by atoms with Crippen LogP contribution in [0.2, 0.25) is 0 Å². The lowest BCUT2D eigenvalue weighted by atomic mass is 9.86. The van der Waals surface area contributed by atoms with Crippen molar-refractivity contribution in [1.82, 2.24) is 15.2 Å². The van der Waals surface area contributed by atoms with Crippen LogP contribution in [0.5, 0.6) is 0 Å². The zero-order chi connectivity index (χ0) is 27.7. The largest absolute Gasteiger partial charge is 0.481 e. The van der Waals surface area contributed by atoms with Crippen LogP contribution in [-0.4, -0.2) is 46.5 Å². The standard InChI is InChI=1S/C31H41N3O6/c35-27(36)16-15-23-20-39-31(40-23)25-14-5-4-13-24(25)28(34-18-8-9-19-34)30-33-26(21-38-30)29(37)32-17-7-6-12-22-10-2-1-3-11-22/h4-5,13-14,20-22,28,31H,1-3,6-12,15-19H2,(H,32,37)(H,35,36). The van der Waals surface area contributed by atoms with Crippen LogP contribution < -0.4 is 5.32 Å². The van der Waals surface area contributed by atoms with Crippen LogP contribution in [0.1, 0.15) is 117 Å². The molecule has 2 aromatic rings. The molecule has 1 amide bonds. The molecule has 5 rings (SSSR count). The smallest absolute Gasteiger partial charge is 0.303 e. The number of carboxylic acid groups (broad SMARTS) is 1. The van der Waals surface area contributed by atoms with Crippen LogP contribution in [0.3, 0.4) is 0 Å². The lowest BCUT2D eigenvalue weighted by Gasteiger charge is -2.28. The van der Waals surface area contributed by atoms with E-state index in [9.17, 15) is 9.59 Å². The van der Waals surface area contributed by atoms with Crippen LogP contribution in [0.4, 0.5) is 0 Å². The third-order valence-electron chi connectivity index (χ3n) is 8.26. The monoisotopic (exact) mass is 551 g/mol. The summed E-state index contributed by atoms with van der Waals surface area (Å²) < 4.78 is 17.7. The fourth-order valence-electron chi connectivity index (χ4n) is 6.12. The summed E-state index contributed by atoms with van der Waals surface area (Å²) in [6, 6.07) is 7.53. The van der Waals surface area contributed by atoms with Crippen LogP contribution >= 0.6 is 0 Å². The number of carbonyl (C=O) groups is 2. The third-order valence-corrected chi connectivity index (χ3v) is 8.26. The molecule has 1 aliphatic carbocycles. The average molecular weight is 552 g/mol. The maximum atomic E-state index is 12.9. The minimum atomic E-state index is -0.884. The number of allylic oxidation sites excluding steroid dienone is 1. The van der Waals surface area contributed by atoms with Crippen molar-refractivity contribution in [3.8, 4) is 0 Å². The van der Waals surface area contributed by atoms with Crippen LogP contribution in [-0.2, 0) is 14.3 Å². The Morgan fingerprint density at radius 1 is 1.07 bits per heavy atom. The Hall–Kier alpha value is -3.33. The molecule has 1 saturated heterocycles. The van der Waals surface area contributed by atoms with E-state index in [0.717, 1.165) is 55.8 Å². The molecule has 2 fully saturated rings. The van der Waals surface area contributed by atoms with Crippen molar-refractivity contribution in [3.05, 3.63) is 65.3 Å². The highest BCUT2D eigenvalue weighted by Gasteiger charge is 2.34. The van der Waals surface area contributed by atoms with Gasteiger partial charge in [0, 0.05) is 18.5 Å². The van der Waals surface area contributed by atoms with Gasteiger partial charge in [0.25, 0.3) is 12.2 Å². The number of oxazole rings is 1. The lowest BCUT2D eigenvalue weighted by molar-refractivity contribution is -0.137. The molecule has 0 spiro atoms. The van der Waals surface area contributed by atoms with Crippen molar-refractivity contribution in [2.45, 2.75) is 89.4 Å². The summed E-state index contributed by atoms with van der Waals surface area (Å²) in [5.74, 6) is 0.740. The van der Waals surface area contributed by atoms with Gasteiger partial charge in [-0.1, -0.05) is 69.2 Å². The number of benzene rings is 1. The molecule has 1 aromatic heterocycles. The highest BCUT2D eigenvalue weighted by molar-refractivity contribution is 5.91. The van der Waals surface area contributed by atoms with Gasteiger partial charge in [-0.15, -0.1) is 0 Å². The number of likely N-dealkylation sites (tertiary alicyclic amines) is 1. The highest BCUT2D eigenvalue weighted by Crippen LogP contribution is 2.39. The molecule has 1 aromatic carbocycles. The summed E-state index contributed by atoms with van der Waals surface area (Å²) in [4.78, 5) is 30.8. The molecule has 0 radical (unpaired) electrons. The Bertz CT molecular complexity index is 1170. The second-order valence-corrected chi connectivity index (χ2v) is 11.2. The van der Waals surface area contributed by atoms with Crippen LogP contribution in [0, 0.1) is 5.92 Å². The van der Waals surface area contributed by atoms with Gasteiger partial charge in [-0.25, -0.2) is 4.98 Å². The first-order valence-electron chi connectivity index (χ1n) is 14.9. The number of nitrogens with zero attached hydrogens (tertiary/aromatic N) is 2. The fourth-order valence-corrected chi connectivity index (χ4v) is 6.12. The molecular weight excluding hydrogens is 510 g/mol. The molecule has 1 saturated carbocycles. The van der Waals surface area contributed by atoms with E-state index < -0.39 is 12.3 Å². The van der Waals surface area contributed by atoms with E-state index in [1.54, 1.807) is 0 Å². The maximum absolute atomic E-state index is 12.9. The summed E-state index contributed by atoms with van der Waals surface area (Å²) in [7, 11) is 0. The quantitative estimate of drug-likeness (QED) is 0.288. The minimum Gasteiger partial charge on any atom is -0.481 e. The van der Waals surface area contributed by atoms with Gasteiger partial charge in [-0.3, -0.25) is 14.5 Å². The summed E-state index contributed by atoms with van der Waals surface area (Å²) in [6.07, 6.45) is 14.8. The van der Waals surface area contributed by atoms with E-state index in [0.29, 0.717) is 18.2 Å². The molecule has 216 valence electrons. The van der Waals surface area contributed by atoms with Crippen LogP contribution in [0.15, 0.2) is 47.0 Å². The average Bonchev–Trinajstić information content (AvgIpc) is 3.76. The van der Waals surface area contributed by atoms with E-state index in [4.69, 9.17) is 19.0 Å². The van der Waals surface area contributed by atoms with E-state index in [1.807, 2.05) is 24.3 Å². The molecule has 40 heavy (non-hydrogen) atoms. The highest BCUT2D eigenvalue weighted by atomic mass is 16.7. The molecule has 3 aliphatic rings. The first kappa shape index (κ1) is 28.2. The Balaban J connectivity index is 1.24. The summed E-state index contributed by atoms with van der Waals surface area (Å²) >= 11 is 0. The summed E-state index contributed by atoms with van der Waals surface area (Å²) in [6.45, 7) is 2.41. The van der Waals surface area contributed by atoms with Crippen molar-refractivity contribution in [2.24, 2.45) is 5.92 Å². The van der Waals surface area contributed by atoms with E-state index in [-0.39, 0.29) is 30.5 Å². The maximum Gasteiger partial charge on any atom is 0.303 e. The van der Waals surface area contributed by atoms with Crippen molar-refractivity contribution in [3.63, 3.8) is 0 Å². The first-order valence-corrected chi connectivity index (χ1v) is 14.9. The van der Waals surface area contributed by atoms with Gasteiger partial charge < -0.3 is 24.3 Å². The SMILES string of the molecule is O=C(O)CCC1=COC(c2ccccc2C(c2nc(C(=O)NCCCCC3CCCCC3)co2)N2CCCC2)O1. The van der Waals surface area contributed by atoms with E-state index >= 15 is 0 Å². The van der Waals surface area contributed by atoms with Gasteiger partial charge in [-0.05, 0) is 43.8 Å². The number of aromatic nitrogens is 1. The molecule has 3 heterocycles. The van der Waals surface area contributed by atoms with E-state index in [1.165, 1.54) is 51.1 Å². The summed E-state index contributed by atoms with van der Waals surface area (Å²) in [5, 5.41) is 12.0. The molecule has 2 atom stereocenters. The van der Waals surface area contributed by atoms with Gasteiger partial charge in [-0.2, -0.15) is 0 Å². The van der Waals surface area contributed by atoms with Crippen LogP contribution in [0.25, 0.3) is 0 Å². The predicted octanol–water partition coefficient (Wildman–Crippen LogP) is 6.09. The zero-order valence-corrected chi connectivity index (χ0v) is 23.2. The Morgan fingerprint density at radius 2 is 1.88 bits per heavy atom. The number of hydrogen-bond donors (Lipinski definition) is 2. The van der Waals surface area contributed by atoms with E-state index in [2.05, 4.69) is 15.2 Å². The van der Waals surface area contributed by atoms with Gasteiger partial charge in [0.05, 0.1) is 6.42 Å². The predicted molar refractivity (Wildman–Crippen MR) is 148 cm³/mol. The van der Waals surface area contributed by atoms with Crippen molar-refractivity contribution in [1.29, 1.82) is 0 Å². The molecule has 2 aliphatic heterocycles. The normalized spacial score (nSPS) is 20.5. The van der Waals surface area contributed by atoms with Gasteiger partial charge in [0.2, 0.25) is 5.89 Å². The number of hydrogen-bond acceptors (Lipinski definition) is 7. The molecule has 2 unspecified atom stereocenters. The molecule has 2 N–H and O–H groups in total. The Morgan fingerprint density at radius 3 is 2.67 bits per heavy atom. The van der Waals surface area contributed by atoms with Gasteiger partial charge in [0.15, 0.2) is 5.69 Å². The number of nitrogens with one attached hydrogen (secondary N) is 1. The second kappa shape index (κ2) is 13.8. The molecule has 9 nitrogen and oxygen atoms in total. The van der Waals surface area contributed by atoms with Crippen molar-refractivity contribution < 1.29 is 28.6 Å². The number of rotatable bonds is 13. The topological polar surface area (TPSA) is 114 Å². The fraction of sp³-hybridized carbons (Fsp3) is 0.581. The van der Waals surface area contributed by atoms with Gasteiger partial charge >= 0.3 is 5.97 Å². The number of carbonyl (C=O) groups excluding carboxylic acids is 1. The third kappa shape index (κ3) is 7.24. The molecule has 9 heteroatoms. The number of carboxylic acids is 1. The number of amides is 1. The number of unbranched alkanes of at least 4 members (excludes halogenated alkanes) is 1. The Labute approximate surface area is 235 Å². The lowest BCUT2D eigenvalue weighted by Crippen LogP contribution is -2.29. The first-order chi connectivity index (χ1) is 19.6. The Kier molecular flexibility index (Phi) is 9.76. The molecule has 0 bridgehead atoms. The second-order valence-electron chi connectivity index (χ2n) is 11.2. The number of ether oxygens (including phenoxy) is 2. The number of aliphatic carboxylic acids is 1. The summed E-state index contributed by atoms with van der Waals surface area (Å²) in [5.41, 5.74) is 2.04. The van der Waals surface area contributed by atoms with Crippen molar-refractivity contribution in [2.75, 3.05) is 19.6 Å². The molecular formula is C31H41N3O6. The van der Waals surface area contributed by atoms with Gasteiger partial charge in [0.1, 0.15) is 24.3 Å². The zero-order valence-electron chi connectivity index (χ0n) is 23.2.